The molecule has 0 fully saturated rings. The lowest BCUT2D eigenvalue weighted by molar-refractivity contribution is 0.0118. The van der Waals surface area contributed by atoms with Crippen molar-refractivity contribution in [2.24, 2.45) is 5.73 Å². The highest BCUT2D eigenvalue weighted by Gasteiger charge is 2.27. The Morgan fingerprint density at radius 3 is 2.68 bits per heavy atom. The number of amides is 1. The molecular formula is C12H15Cl2F2N5O. The van der Waals surface area contributed by atoms with Crippen LogP contribution in [0, 0.1) is 0 Å². The third-order valence-corrected chi connectivity index (χ3v) is 2.55. The van der Waals surface area contributed by atoms with Crippen LogP contribution in [0.4, 0.5) is 8.78 Å². The van der Waals surface area contributed by atoms with Gasteiger partial charge in [0.25, 0.3) is 11.8 Å². The summed E-state index contributed by atoms with van der Waals surface area (Å²) in [6.45, 7) is -1.65. The van der Waals surface area contributed by atoms with E-state index >= 15 is 0 Å². The van der Waals surface area contributed by atoms with Crippen LogP contribution in [0.1, 0.15) is 10.5 Å². The fourth-order valence-electron chi connectivity index (χ4n) is 1.48. The fourth-order valence-corrected chi connectivity index (χ4v) is 1.48. The van der Waals surface area contributed by atoms with Crippen molar-refractivity contribution < 1.29 is 13.6 Å². The van der Waals surface area contributed by atoms with Crippen molar-refractivity contribution in [3.8, 4) is 5.69 Å². The van der Waals surface area contributed by atoms with E-state index in [4.69, 9.17) is 5.73 Å². The number of hydrogen-bond donors (Lipinski definition) is 2. The number of nitrogens with two attached hydrogens (primary N) is 1. The zero-order chi connectivity index (χ0) is 14.6. The van der Waals surface area contributed by atoms with Crippen LogP contribution in [-0.2, 0) is 0 Å². The molecule has 0 bridgehead atoms. The fraction of sp³-hybridized carbons (Fsp3) is 0.250. The number of alkyl halides is 2. The van der Waals surface area contributed by atoms with Gasteiger partial charge in [0.1, 0.15) is 5.69 Å². The Morgan fingerprint density at radius 2 is 2.09 bits per heavy atom. The van der Waals surface area contributed by atoms with E-state index in [1.54, 1.807) is 24.5 Å². The Morgan fingerprint density at radius 1 is 1.36 bits per heavy atom. The maximum Gasteiger partial charge on any atom is 0.277 e. The summed E-state index contributed by atoms with van der Waals surface area (Å²) < 4.78 is 27.4. The lowest BCUT2D eigenvalue weighted by atomic mass is 10.3. The number of pyridine rings is 1. The Bertz CT molecular complexity index is 595. The summed E-state index contributed by atoms with van der Waals surface area (Å²) in [6.07, 6.45) is 4.69. The van der Waals surface area contributed by atoms with Gasteiger partial charge in [-0.05, 0) is 18.2 Å². The predicted molar refractivity (Wildman–Crippen MR) is 82.2 cm³/mol. The normalized spacial score (nSPS) is 10.3. The van der Waals surface area contributed by atoms with E-state index in [2.05, 4.69) is 15.4 Å². The number of rotatable bonds is 5. The van der Waals surface area contributed by atoms with Crippen molar-refractivity contribution in [1.82, 2.24) is 20.1 Å². The summed E-state index contributed by atoms with van der Waals surface area (Å²) in [5.41, 5.74) is 5.54. The second kappa shape index (κ2) is 8.62. The van der Waals surface area contributed by atoms with E-state index in [0.717, 1.165) is 0 Å². The lowest BCUT2D eigenvalue weighted by Gasteiger charge is -2.14. The van der Waals surface area contributed by atoms with Crippen LogP contribution in [0.15, 0.2) is 36.8 Å². The molecule has 0 aliphatic carbocycles. The zero-order valence-electron chi connectivity index (χ0n) is 11.3. The molecule has 1 amide bonds. The van der Waals surface area contributed by atoms with Gasteiger partial charge in [0.15, 0.2) is 0 Å². The number of halogens is 4. The Labute approximate surface area is 137 Å². The Kier molecular flexibility index (Phi) is 7.93. The molecule has 2 rings (SSSR count). The molecule has 0 aromatic carbocycles. The van der Waals surface area contributed by atoms with Crippen molar-refractivity contribution in [3.63, 3.8) is 0 Å². The molecule has 3 N–H and O–H groups in total. The smallest absolute Gasteiger partial charge is 0.277 e. The van der Waals surface area contributed by atoms with Crippen molar-refractivity contribution >= 4 is 30.7 Å². The van der Waals surface area contributed by atoms with Gasteiger partial charge in [-0.15, -0.1) is 24.8 Å². The second-order valence-corrected chi connectivity index (χ2v) is 4.09. The summed E-state index contributed by atoms with van der Waals surface area (Å²) in [5, 5.41) is 6.11. The molecule has 0 aliphatic heterocycles. The van der Waals surface area contributed by atoms with Crippen LogP contribution in [0.5, 0.6) is 0 Å². The van der Waals surface area contributed by atoms with Crippen molar-refractivity contribution in [3.05, 3.63) is 42.5 Å². The van der Waals surface area contributed by atoms with Gasteiger partial charge in [-0.25, -0.2) is 13.5 Å². The average Bonchev–Trinajstić information content (AvgIpc) is 2.99. The molecular weight excluding hydrogens is 339 g/mol. The molecule has 0 unspecified atom stereocenters. The topological polar surface area (TPSA) is 85.8 Å². The monoisotopic (exact) mass is 353 g/mol. The molecule has 122 valence electrons. The minimum Gasteiger partial charge on any atom is -0.345 e. The highest BCUT2D eigenvalue weighted by molar-refractivity contribution is 5.92. The minimum atomic E-state index is -3.13. The quantitative estimate of drug-likeness (QED) is 0.851. The van der Waals surface area contributed by atoms with Gasteiger partial charge >= 0.3 is 0 Å². The summed E-state index contributed by atoms with van der Waals surface area (Å²) in [6, 6.07) is 4.84. The number of carbonyl (C=O) groups is 1. The van der Waals surface area contributed by atoms with Gasteiger partial charge in [-0.1, -0.05) is 0 Å². The Balaban J connectivity index is 0.00000220. The number of carbonyl (C=O) groups excluding carboxylic acids is 1. The molecule has 0 radical (unpaired) electrons. The van der Waals surface area contributed by atoms with Crippen LogP contribution < -0.4 is 11.1 Å². The van der Waals surface area contributed by atoms with E-state index in [9.17, 15) is 13.6 Å². The van der Waals surface area contributed by atoms with Crippen LogP contribution in [0.2, 0.25) is 0 Å². The first-order chi connectivity index (χ1) is 9.52. The first kappa shape index (κ1) is 20.2. The molecule has 0 spiro atoms. The van der Waals surface area contributed by atoms with Gasteiger partial charge < -0.3 is 11.1 Å². The highest BCUT2D eigenvalue weighted by Crippen LogP contribution is 2.10. The molecule has 0 aliphatic rings. The van der Waals surface area contributed by atoms with Crippen molar-refractivity contribution in [2.45, 2.75) is 5.92 Å². The second-order valence-electron chi connectivity index (χ2n) is 4.09. The number of aromatic nitrogens is 3. The van der Waals surface area contributed by atoms with E-state index in [0.29, 0.717) is 5.69 Å². The third-order valence-electron chi connectivity index (χ3n) is 2.55. The van der Waals surface area contributed by atoms with E-state index in [-0.39, 0.29) is 30.5 Å². The molecule has 6 nitrogen and oxygen atoms in total. The predicted octanol–water partition coefficient (Wildman–Crippen LogP) is 1.43. The molecule has 0 saturated carbocycles. The SMILES string of the molecule is Cl.Cl.NCC(F)(F)CNC(=O)c1cc(-n2cccn2)ccn1. The summed E-state index contributed by atoms with van der Waals surface area (Å²) in [7, 11) is 0. The highest BCUT2D eigenvalue weighted by atomic mass is 35.5. The molecule has 0 atom stereocenters. The van der Waals surface area contributed by atoms with Gasteiger partial charge in [-0.3, -0.25) is 9.78 Å². The summed E-state index contributed by atoms with van der Waals surface area (Å²) in [5.74, 6) is -3.82. The van der Waals surface area contributed by atoms with Gasteiger partial charge in [-0.2, -0.15) is 5.10 Å². The van der Waals surface area contributed by atoms with Gasteiger partial charge in [0.2, 0.25) is 0 Å². The molecule has 2 heterocycles. The number of nitrogens with one attached hydrogen (secondary N) is 1. The van der Waals surface area contributed by atoms with Crippen LogP contribution >= 0.6 is 24.8 Å². The largest absolute Gasteiger partial charge is 0.345 e. The van der Waals surface area contributed by atoms with Crippen molar-refractivity contribution in [2.75, 3.05) is 13.1 Å². The van der Waals surface area contributed by atoms with E-state index in [1.165, 1.54) is 16.9 Å². The van der Waals surface area contributed by atoms with Gasteiger partial charge in [0.05, 0.1) is 18.8 Å². The summed E-state index contributed by atoms with van der Waals surface area (Å²) in [4.78, 5) is 15.6. The van der Waals surface area contributed by atoms with Crippen molar-refractivity contribution in [1.29, 1.82) is 0 Å². The maximum absolute atomic E-state index is 13.0. The standard InChI is InChI=1S/C12H13F2N5O.2ClH/c13-12(14,7-15)8-17-11(20)10-6-9(2-4-16-10)19-5-1-3-18-19;;/h1-6H,7-8,15H2,(H,17,20);2*1H. The average molecular weight is 354 g/mol. The first-order valence-electron chi connectivity index (χ1n) is 5.84. The molecule has 2 aromatic heterocycles. The molecule has 10 heteroatoms. The van der Waals surface area contributed by atoms with Crippen LogP contribution in [0.3, 0.4) is 0 Å². The third kappa shape index (κ3) is 5.21. The maximum atomic E-state index is 13.0. The molecule has 2 aromatic rings. The first-order valence-corrected chi connectivity index (χ1v) is 5.84. The minimum absolute atomic E-state index is 0. The van der Waals surface area contributed by atoms with Gasteiger partial charge in [0, 0.05) is 18.6 Å². The van der Waals surface area contributed by atoms with Crippen LogP contribution in [0.25, 0.3) is 5.69 Å². The van der Waals surface area contributed by atoms with Crippen LogP contribution in [-0.4, -0.2) is 39.7 Å². The molecule has 0 saturated heterocycles. The zero-order valence-corrected chi connectivity index (χ0v) is 12.9. The Hall–Kier alpha value is -1.77. The summed E-state index contributed by atoms with van der Waals surface area (Å²) >= 11 is 0. The number of nitrogens with zero attached hydrogens (tertiary/aromatic N) is 3. The number of hydrogen-bond acceptors (Lipinski definition) is 4. The molecule has 22 heavy (non-hydrogen) atoms. The van der Waals surface area contributed by atoms with E-state index < -0.39 is 24.9 Å². The lowest BCUT2D eigenvalue weighted by Crippen LogP contribution is -2.41. The van der Waals surface area contributed by atoms with E-state index in [1.807, 2.05) is 0 Å².